The Hall–Kier alpha value is -3.04. The molecule has 7 nitrogen and oxygen atoms in total. The summed E-state index contributed by atoms with van der Waals surface area (Å²) < 4.78 is 10.2. The topological polar surface area (TPSA) is 98.4 Å². The predicted molar refractivity (Wildman–Crippen MR) is 106 cm³/mol. The lowest BCUT2D eigenvalue weighted by atomic mass is 10.1. The van der Waals surface area contributed by atoms with Crippen LogP contribution in [0.5, 0.6) is 0 Å². The molecule has 0 spiro atoms. The van der Waals surface area contributed by atoms with Gasteiger partial charge in [0.05, 0.1) is 17.7 Å². The van der Waals surface area contributed by atoms with Crippen molar-refractivity contribution >= 4 is 23.5 Å². The summed E-state index contributed by atoms with van der Waals surface area (Å²) in [4.78, 5) is 15.3. The highest BCUT2D eigenvalue weighted by Crippen LogP contribution is 2.32. The minimum absolute atomic E-state index is 0.284. The van der Waals surface area contributed by atoms with Crippen LogP contribution < -0.4 is 5.32 Å². The van der Waals surface area contributed by atoms with E-state index >= 15 is 0 Å². The second-order valence-corrected chi connectivity index (χ2v) is 6.86. The molecule has 0 saturated heterocycles. The highest BCUT2D eigenvalue weighted by Gasteiger charge is 2.15. The van der Waals surface area contributed by atoms with E-state index in [4.69, 9.17) is 14.7 Å². The van der Waals surface area contributed by atoms with Gasteiger partial charge in [0.1, 0.15) is 12.1 Å². The first-order valence-corrected chi connectivity index (χ1v) is 9.12. The monoisotopic (exact) mass is 396 g/mol. The molecule has 0 aromatic heterocycles. The third-order valence-corrected chi connectivity index (χ3v) is 4.96. The standard InChI is InChI=1S/C20H20N4O3S/c1-24(13-19(26-2)27-3)20(25)23-15-7-9-16(10-8-15)28-18-6-4-5-14(11-21)17(18)12-22/h4-10,19H,13H2,1-3H3,(H,23,25). The molecule has 0 aliphatic rings. The van der Waals surface area contributed by atoms with Gasteiger partial charge in [-0.2, -0.15) is 10.5 Å². The number of anilines is 1. The number of nitriles is 2. The quantitative estimate of drug-likeness (QED) is 0.717. The maximum Gasteiger partial charge on any atom is 0.321 e. The number of benzene rings is 2. The first-order valence-electron chi connectivity index (χ1n) is 8.31. The van der Waals surface area contributed by atoms with Crippen LogP contribution in [0.1, 0.15) is 11.1 Å². The molecule has 2 rings (SSSR count). The second kappa shape index (κ2) is 10.3. The number of hydrogen-bond donors (Lipinski definition) is 1. The van der Waals surface area contributed by atoms with Crippen LogP contribution in [-0.4, -0.2) is 45.0 Å². The molecule has 0 saturated carbocycles. The van der Waals surface area contributed by atoms with Crippen LogP contribution in [0, 0.1) is 22.7 Å². The van der Waals surface area contributed by atoms with Gasteiger partial charge in [-0.3, -0.25) is 0 Å². The van der Waals surface area contributed by atoms with Crippen molar-refractivity contribution < 1.29 is 14.3 Å². The van der Waals surface area contributed by atoms with Crippen molar-refractivity contribution in [2.75, 3.05) is 33.1 Å². The number of nitrogens with one attached hydrogen (secondary N) is 1. The Morgan fingerprint density at radius 1 is 1.14 bits per heavy atom. The lowest BCUT2D eigenvalue weighted by Gasteiger charge is -2.22. The zero-order valence-electron chi connectivity index (χ0n) is 15.8. The molecule has 8 heteroatoms. The molecule has 144 valence electrons. The van der Waals surface area contributed by atoms with Crippen molar-refractivity contribution in [2.24, 2.45) is 0 Å². The normalized spacial score (nSPS) is 10.2. The number of nitrogens with zero attached hydrogens (tertiary/aromatic N) is 3. The van der Waals surface area contributed by atoms with Crippen molar-refractivity contribution in [3.05, 3.63) is 53.6 Å². The molecule has 28 heavy (non-hydrogen) atoms. The summed E-state index contributed by atoms with van der Waals surface area (Å²) in [5, 5.41) is 21.2. The minimum atomic E-state index is -0.493. The highest BCUT2D eigenvalue weighted by atomic mass is 32.2. The molecule has 0 aliphatic heterocycles. The van der Waals surface area contributed by atoms with Gasteiger partial charge in [0.2, 0.25) is 0 Å². The molecule has 0 bridgehead atoms. The molecule has 0 aliphatic carbocycles. The lowest BCUT2D eigenvalue weighted by molar-refractivity contribution is -0.108. The van der Waals surface area contributed by atoms with E-state index in [1.807, 2.05) is 18.2 Å². The fourth-order valence-electron chi connectivity index (χ4n) is 2.33. The summed E-state index contributed by atoms with van der Waals surface area (Å²) in [5.41, 5.74) is 1.35. The van der Waals surface area contributed by atoms with Gasteiger partial charge in [-0.1, -0.05) is 17.8 Å². The smallest absolute Gasteiger partial charge is 0.321 e. The number of rotatable bonds is 7. The molecule has 2 amide bonds. The van der Waals surface area contributed by atoms with Gasteiger partial charge >= 0.3 is 6.03 Å². The average Bonchev–Trinajstić information content (AvgIpc) is 2.72. The molecule has 0 heterocycles. The Morgan fingerprint density at radius 2 is 1.82 bits per heavy atom. The average molecular weight is 396 g/mol. The van der Waals surface area contributed by atoms with E-state index in [9.17, 15) is 10.1 Å². The summed E-state index contributed by atoms with van der Waals surface area (Å²) >= 11 is 1.39. The minimum Gasteiger partial charge on any atom is -0.354 e. The Bertz CT molecular complexity index is 899. The summed E-state index contributed by atoms with van der Waals surface area (Å²) in [7, 11) is 4.68. The van der Waals surface area contributed by atoms with Gasteiger partial charge in [0.15, 0.2) is 6.29 Å². The zero-order valence-corrected chi connectivity index (χ0v) is 16.6. The van der Waals surface area contributed by atoms with E-state index in [1.165, 1.54) is 30.9 Å². The molecule has 0 fully saturated rings. The van der Waals surface area contributed by atoms with Gasteiger partial charge in [0, 0.05) is 36.7 Å². The van der Waals surface area contributed by atoms with Gasteiger partial charge in [-0.25, -0.2) is 4.79 Å². The number of likely N-dealkylation sites (N-methyl/N-ethyl adjacent to an activating group) is 1. The molecule has 1 N–H and O–H groups in total. The van der Waals surface area contributed by atoms with Gasteiger partial charge < -0.3 is 19.7 Å². The van der Waals surface area contributed by atoms with E-state index in [0.717, 1.165) is 4.90 Å². The number of hydrogen-bond acceptors (Lipinski definition) is 6. The molecule has 0 unspecified atom stereocenters. The van der Waals surface area contributed by atoms with Crippen LogP contribution >= 0.6 is 11.8 Å². The van der Waals surface area contributed by atoms with Crippen LogP contribution in [0.4, 0.5) is 10.5 Å². The first kappa shape index (κ1) is 21.3. The third kappa shape index (κ3) is 5.48. The third-order valence-electron chi connectivity index (χ3n) is 3.89. The molecule has 2 aromatic carbocycles. The zero-order chi connectivity index (χ0) is 20.5. The van der Waals surface area contributed by atoms with Crippen LogP contribution in [0.25, 0.3) is 0 Å². The van der Waals surface area contributed by atoms with Crippen molar-refractivity contribution in [3.63, 3.8) is 0 Å². The fraction of sp³-hybridized carbons (Fsp3) is 0.250. The molecule has 0 radical (unpaired) electrons. The van der Waals surface area contributed by atoms with Gasteiger partial charge in [-0.15, -0.1) is 0 Å². The lowest BCUT2D eigenvalue weighted by Crippen LogP contribution is -2.38. The van der Waals surface area contributed by atoms with Crippen molar-refractivity contribution in [3.8, 4) is 12.1 Å². The summed E-state index contributed by atoms with van der Waals surface area (Å²) in [6.45, 7) is 0.291. The largest absolute Gasteiger partial charge is 0.354 e. The number of methoxy groups -OCH3 is 2. The van der Waals surface area contributed by atoms with Gasteiger partial charge in [0.25, 0.3) is 0 Å². The van der Waals surface area contributed by atoms with E-state index in [0.29, 0.717) is 28.3 Å². The molecule has 0 atom stereocenters. The van der Waals surface area contributed by atoms with E-state index < -0.39 is 6.29 Å². The second-order valence-electron chi connectivity index (χ2n) is 5.74. The maximum absolute atomic E-state index is 12.2. The van der Waals surface area contributed by atoms with Crippen LogP contribution in [0.2, 0.25) is 0 Å². The molecular formula is C20H20N4O3S. The van der Waals surface area contributed by atoms with E-state index in [-0.39, 0.29) is 6.03 Å². The van der Waals surface area contributed by atoms with Crippen molar-refractivity contribution in [1.82, 2.24) is 4.90 Å². The van der Waals surface area contributed by atoms with Gasteiger partial charge in [-0.05, 0) is 36.4 Å². The maximum atomic E-state index is 12.2. The Balaban J connectivity index is 2.04. The number of amides is 2. The Labute approximate surface area is 168 Å². The molecular weight excluding hydrogens is 376 g/mol. The van der Waals surface area contributed by atoms with Crippen molar-refractivity contribution in [1.29, 1.82) is 10.5 Å². The predicted octanol–water partition coefficient (Wildman–Crippen LogP) is 3.66. The number of carbonyl (C=O) groups excluding carboxylic acids is 1. The van der Waals surface area contributed by atoms with E-state index in [1.54, 1.807) is 37.4 Å². The highest BCUT2D eigenvalue weighted by molar-refractivity contribution is 7.99. The van der Waals surface area contributed by atoms with E-state index in [2.05, 4.69) is 11.4 Å². The van der Waals surface area contributed by atoms with Crippen LogP contribution in [0.3, 0.4) is 0 Å². The first-order chi connectivity index (χ1) is 13.5. The Kier molecular flexibility index (Phi) is 7.85. The number of carbonyl (C=O) groups is 1. The molecule has 2 aromatic rings. The Morgan fingerprint density at radius 3 is 2.39 bits per heavy atom. The summed E-state index contributed by atoms with van der Waals surface area (Å²) in [6, 6.07) is 16.2. The summed E-state index contributed by atoms with van der Waals surface area (Å²) in [6.07, 6.45) is -0.493. The SMILES string of the molecule is COC(CN(C)C(=O)Nc1ccc(Sc2cccc(C#N)c2C#N)cc1)OC. The van der Waals surface area contributed by atoms with Crippen LogP contribution in [-0.2, 0) is 9.47 Å². The van der Waals surface area contributed by atoms with Crippen molar-refractivity contribution in [2.45, 2.75) is 16.1 Å². The fourth-order valence-corrected chi connectivity index (χ4v) is 3.26. The summed E-state index contributed by atoms with van der Waals surface area (Å²) in [5.74, 6) is 0. The number of urea groups is 1. The number of ether oxygens (including phenoxy) is 2. The van der Waals surface area contributed by atoms with Crippen LogP contribution in [0.15, 0.2) is 52.3 Å².